The van der Waals surface area contributed by atoms with E-state index in [2.05, 4.69) is 43.1 Å². The molecule has 96 valence electrons. The standard InChI is InChI=1S/C16H17N3/c1-9-6-10(2)15(11(3)7-9)16-13-5-4-12(17)8-14(13)18-19-16/h4-8H,17H2,1-3H3,(H,18,19). The molecule has 3 heteroatoms. The molecule has 0 saturated heterocycles. The summed E-state index contributed by atoms with van der Waals surface area (Å²) in [5, 5.41) is 8.66. The molecule has 0 unspecified atom stereocenters. The van der Waals surface area contributed by atoms with Crippen molar-refractivity contribution in [3.63, 3.8) is 0 Å². The largest absolute Gasteiger partial charge is 0.399 e. The third-order valence-electron chi connectivity index (χ3n) is 3.50. The van der Waals surface area contributed by atoms with E-state index in [0.29, 0.717) is 0 Å². The lowest BCUT2D eigenvalue weighted by Crippen LogP contribution is -1.91. The molecule has 0 bridgehead atoms. The van der Waals surface area contributed by atoms with E-state index in [1.54, 1.807) is 0 Å². The normalized spacial score (nSPS) is 11.1. The van der Waals surface area contributed by atoms with Gasteiger partial charge in [-0.3, -0.25) is 5.10 Å². The zero-order chi connectivity index (χ0) is 13.6. The van der Waals surface area contributed by atoms with Crippen molar-refractivity contribution in [2.24, 2.45) is 0 Å². The molecule has 3 rings (SSSR count). The van der Waals surface area contributed by atoms with Crippen LogP contribution in [-0.2, 0) is 0 Å². The molecule has 0 saturated carbocycles. The molecular weight excluding hydrogens is 234 g/mol. The summed E-state index contributed by atoms with van der Waals surface area (Å²) in [4.78, 5) is 0. The van der Waals surface area contributed by atoms with Crippen molar-refractivity contribution in [3.05, 3.63) is 47.0 Å². The van der Waals surface area contributed by atoms with Crippen molar-refractivity contribution >= 4 is 16.6 Å². The lowest BCUT2D eigenvalue weighted by Gasteiger charge is -2.09. The van der Waals surface area contributed by atoms with Crippen molar-refractivity contribution in [3.8, 4) is 11.3 Å². The Morgan fingerprint density at radius 1 is 1.00 bits per heavy atom. The van der Waals surface area contributed by atoms with Gasteiger partial charge in [0.25, 0.3) is 0 Å². The number of nitrogen functional groups attached to an aromatic ring is 1. The molecule has 0 spiro atoms. The highest BCUT2D eigenvalue weighted by atomic mass is 15.1. The van der Waals surface area contributed by atoms with Crippen molar-refractivity contribution in [1.29, 1.82) is 0 Å². The molecule has 19 heavy (non-hydrogen) atoms. The van der Waals surface area contributed by atoms with Crippen LogP contribution in [0, 0.1) is 20.8 Å². The first-order valence-corrected chi connectivity index (χ1v) is 6.38. The number of rotatable bonds is 1. The molecule has 3 N–H and O–H groups in total. The number of aryl methyl sites for hydroxylation is 3. The van der Waals surface area contributed by atoms with Crippen molar-refractivity contribution < 1.29 is 0 Å². The number of aromatic amines is 1. The summed E-state index contributed by atoms with van der Waals surface area (Å²) in [7, 11) is 0. The van der Waals surface area contributed by atoms with Crippen LogP contribution in [0.3, 0.4) is 0 Å². The summed E-state index contributed by atoms with van der Waals surface area (Å²) < 4.78 is 0. The highest BCUT2D eigenvalue weighted by Crippen LogP contribution is 2.32. The van der Waals surface area contributed by atoms with Gasteiger partial charge in [0, 0.05) is 16.6 Å². The van der Waals surface area contributed by atoms with Crippen molar-refractivity contribution in [2.75, 3.05) is 5.73 Å². The summed E-state index contributed by atoms with van der Waals surface area (Å²) >= 11 is 0. The van der Waals surface area contributed by atoms with E-state index in [9.17, 15) is 0 Å². The third kappa shape index (κ3) is 1.87. The number of nitrogens with one attached hydrogen (secondary N) is 1. The average molecular weight is 251 g/mol. The van der Waals surface area contributed by atoms with Gasteiger partial charge in [0.2, 0.25) is 0 Å². The molecule has 0 aliphatic heterocycles. The maximum Gasteiger partial charge on any atom is 0.100 e. The van der Waals surface area contributed by atoms with Crippen LogP contribution in [0.15, 0.2) is 30.3 Å². The van der Waals surface area contributed by atoms with E-state index in [-0.39, 0.29) is 0 Å². The van der Waals surface area contributed by atoms with Crippen LogP contribution in [0.2, 0.25) is 0 Å². The SMILES string of the molecule is Cc1cc(C)c(-c2n[nH]c3cc(N)ccc23)c(C)c1. The van der Waals surface area contributed by atoms with Gasteiger partial charge in [-0.2, -0.15) is 5.10 Å². The number of nitrogens with two attached hydrogens (primary N) is 1. The van der Waals surface area contributed by atoms with Gasteiger partial charge in [-0.25, -0.2) is 0 Å². The van der Waals surface area contributed by atoms with Gasteiger partial charge in [-0.05, 0) is 50.1 Å². The summed E-state index contributed by atoms with van der Waals surface area (Å²) in [5.74, 6) is 0. The van der Waals surface area contributed by atoms with Gasteiger partial charge >= 0.3 is 0 Å². The van der Waals surface area contributed by atoms with Crippen LogP contribution in [0.25, 0.3) is 22.2 Å². The van der Waals surface area contributed by atoms with E-state index in [0.717, 1.165) is 22.3 Å². The molecule has 0 aliphatic rings. The lowest BCUT2D eigenvalue weighted by molar-refractivity contribution is 1.12. The quantitative estimate of drug-likeness (QED) is 0.647. The Hall–Kier alpha value is -2.29. The van der Waals surface area contributed by atoms with Crippen LogP contribution in [0.1, 0.15) is 16.7 Å². The molecule has 3 aromatic rings. The third-order valence-corrected chi connectivity index (χ3v) is 3.50. The maximum atomic E-state index is 5.80. The summed E-state index contributed by atoms with van der Waals surface area (Å²) in [5.41, 5.74) is 13.5. The number of nitrogens with zero attached hydrogens (tertiary/aromatic N) is 1. The Kier molecular flexibility index (Phi) is 2.56. The van der Waals surface area contributed by atoms with Crippen LogP contribution in [-0.4, -0.2) is 10.2 Å². The number of fused-ring (bicyclic) bond motifs is 1. The first kappa shape index (κ1) is 11.8. The summed E-state index contributed by atoms with van der Waals surface area (Å²) in [6.45, 7) is 6.38. The number of hydrogen-bond acceptors (Lipinski definition) is 2. The summed E-state index contributed by atoms with van der Waals surface area (Å²) in [6.07, 6.45) is 0. The molecule has 3 nitrogen and oxygen atoms in total. The number of aromatic nitrogens is 2. The van der Waals surface area contributed by atoms with E-state index in [1.807, 2.05) is 18.2 Å². The minimum Gasteiger partial charge on any atom is -0.399 e. The minimum atomic E-state index is 0.750. The van der Waals surface area contributed by atoms with Crippen LogP contribution >= 0.6 is 0 Å². The number of anilines is 1. The predicted octanol–water partition coefficient (Wildman–Crippen LogP) is 3.74. The van der Waals surface area contributed by atoms with Crippen molar-refractivity contribution in [2.45, 2.75) is 20.8 Å². The van der Waals surface area contributed by atoms with Crippen molar-refractivity contribution in [1.82, 2.24) is 10.2 Å². The lowest BCUT2D eigenvalue weighted by atomic mass is 9.95. The zero-order valence-electron chi connectivity index (χ0n) is 11.4. The van der Waals surface area contributed by atoms with Crippen LogP contribution in [0.5, 0.6) is 0 Å². The second-order valence-corrected chi connectivity index (χ2v) is 5.15. The molecule has 0 amide bonds. The van der Waals surface area contributed by atoms with E-state index < -0.39 is 0 Å². The van der Waals surface area contributed by atoms with Crippen LogP contribution < -0.4 is 5.73 Å². The maximum absolute atomic E-state index is 5.80. The van der Waals surface area contributed by atoms with E-state index >= 15 is 0 Å². The highest BCUT2D eigenvalue weighted by molar-refractivity contribution is 5.95. The Morgan fingerprint density at radius 2 is 1.68 bits per heavy atom. The highest BCUT2D eigenvalue weighted by Gasteiger charge is 2.13. The fourth-order valence-electron chi connectivity index (χ4n) is 2.78. The Balaban J connectivity index is 2.31. The zero-order valence-corrected chi connectivity index (χ0v) is 11.4. The first-order chi connectivity index (χ1) is 9.06. The minimum absolute atomic E-state index is 0.750. The number of benzene rings is 2. The van der Waals surface area contributed by atoms with E-state index in [4.69, 9.17) is 5.73 Å². The monoisotopic (exact) mass is 251 g/mol. The molecular formula is C16H17N3. The Morgan fingerprint density at radius 3 is 2.37 bits per heavy atom. The molecule has 2 aromatic carbocycles. The van der Waals surface area contributed by atoms with Gasteiger partial charge in [0.05, 0.1) is 5.52 Å². The molecule has 0 fully saturated rings. The molecule has 1 aromatic heterocycles. The smallest absolute Gasteiger partial charge is 0.100 e. The van der Waals surface area contributed by atoms with Crippen LogP contribution in [0.4, 0.5) is 5.69 Å². The van der Waals surface area contributed by atoms with Gasteiger partial charge < -0.3 is 5.73 Å². The Labute approximate surface area is 112 Å². The first-order valence-electron chi connectivity index (χ1n) is 6.38. The fourth-order valence-corrected chi connectivity index (χ4v) is 2.78. The second-order valence-electron chi connectivity index (χ2n) is 5.15. The fraction of sp³-hybridized carbons (Fsp3) is 0.188. The van der Waals surface area contributed by atoms with Gasteiger partial charge in [-0.15, -0.1) is 0 Å². The Bertz CT molecular complexity index is 746. The molecule has 0 radical (unpaired) electrons. The van der Waals surface area contributed by atoms with Gasteiger partial charge in [-0.1, -0.05) is 17.7 Å². The predicted molar refractivity (Wildman–Crippen MR) is 80.2 cm³/mol. The average Bonchev–Trinajstić information content (AvgIpc) is 2.71. The van der Waals surface area contributed by atoms with Gasteiger partial charge in [0.15, 0.2) is 0 Å². The molecule has 0 aliphatic carbocycles. The van der Waals surface area contributed by atoms with Gasteiger partial charge in [0.1, 0.15) is 5.69 Å². The summed E-state index contributed by atoms with van der Waals surface area (Å²) in [6, 6.07) is 10.3. The molecule has 0 atom stereocenters. The number of hydrogen-bond donors (Lipinski definition) is 2. The molecule has 1 heterocycles. The number of H-pyrrole nitrogens is 1. The second kappa shape index (κ2) is 4.12. The van der Waals surface area contributed by atoms with E-state index in [1.165, 1.54) is 22.3 Å². The topological polar surface area (TPSA) is 54.7 Å².